The van der Waals surface area contributed by atoms with Gasteiger partial charge in [0.1, 0.15) is 29.6 Å². The molecule has 3 aromatic rings. The molecule has 0 saturated heterocycles. The molecule has 2 aromatic heterocycles. The van der Waals surface area contributed by atoms with Crippen LogP contribution in [0.25, 0.3) is 0 Å². The average molecular weight is 330 g/mol. The zero-order chi connectivity index (χ0) is 17.1. The minimum atomic E-state index is -0.605. The van der Waals surface area contributed by atoms with Crippen LogP contribution < -0.4 is 10.6 Å². The Bertz CT molecular complexity index is 848. The summed E-state index contributed by atoms with van der Waals surface area (Å²) in [5.74, 6) is 0.484. The van der Waals surface area contributed by atoms with E-state index in [4.69, 9.17) is 0 Å². The summed E-state index contributed by atoms with van der Waals surface area (Å²) in [6.45, 7) is 3.66. The molecule has 1 aromatic carbocycles. The lowest BCUT2D eigenvalue weighted by Crippen LogP contribution is -2.10. The first kappa shape index (κ1) is 15.9. The highest BCUT2D eigenvalue weighted by molar-refractivity contribution is 5.56. The van der Waals surface area contributed by atoms with E-state index in [1.807, 2.05) is 13.0 Å². The summed E-state index contributed by atoms with van der Waals surface area (Å²) in [5.41, 5.74) is 1.28. The van der Waals surface area contributed by atoms with Crippen LogP contribution in [0.2, 0.25) is 0 Å². The van der Waals surface area contributed by atoms with Crippen LogP contribution in [0.1, 0.15) is 24.2 Å². The number of rotatable bonds is 5. The molecule has 0 amide bonds. The molecule has 3 N–H and O–H groups in total. The van der Waals surface area contributed by atoms with Gasteiger partial charge in [-0.05, 0) is 19.9 Å². The molecule has 1 unspecified atom stereocenters. The first-order valence-corrected chi connectivity index (χ1v) is 7.34. The Kier molecular flexibility index (Phi) is 4.37. The summed E-state index contributed by atoms with van der Waals surface area (Å²) in [6.07, 6.45) is 1.39. The van der Waals surface area contributed by atoms with Gasteiger partial charge in [-0.1, -0.05) is 6.07 Å². The molecule has 0 bridgehead atoms. The molecule has 0 fully saturated rings. The molecule has 0 radical (unpaired) electrons. The van der Waals surface area contributed by atoms with Gasteiger partial charge in [0, 0.05) is 29.5 Å². The number of nitrogens with one attached hydrogen (secondary N) is 3. The largest absolute Gasteiger partial charge is 0.363 e. The molecule has 1 atom stereocenters. The van der Waals surface area contributed by atoms with Crippen molar-refractivity contribution in [3.63, 3.8) is 0 Å². The number of nitrogens with zero attached hydrogens (tertiary/aromatic N) is 3. The van der Waals surface area contributed by atoms with Crippen LogP contribution >= 0.6 is 0 Å². The predicted molar refractivity (Wildman–Crippen MR) is 87.0 cm³/mol. The van der Waals surface area contributed by atoms with Crippen LogP contribution in [-0.4, -0.2) is 20.2 Å². The Morgan fingerprint density at radius 2 is 1.83 bits per heavy atom. The fourth-order valence-corrected chi connectivity index (χ4v) is 2.27. The second-order valence-electron chi connectivity index (χ2n) is 5.38. The van der Waals surface area contributed by atoms with Crippen molar-refractivity contribution < 1.29 is 8.78 Å². The van der Waals surface area contributed by atoms with Gasteiger partial charge >= 0.3 is 0 Å². The van der Waals surface area contributed by atoms with Gasteiger partial charge in [0.05, 0.1) is 6.04 Å². The maximum absolute atomic E-state index is 13.8. The third kappa shape index (κ3) is 3.65. The highest BCUT2D eigenvalue weighted by Crippen LogP contribution is 2.22. The van der Waals surface area contributed by atoms with Gasteiger partial charge in [-0.25, -0.2) is 18.7 Å². The summed E-state index contributed by atoms with van der Waals surface area (Å²) < 4.78 is 26.8. The number of aryl methyl sites for hydroxylation is 1. The normalized spacial score (nSPS) is 12.0. The van der Waals surface area contributed by atoms with Crippen molar-refractivity contribution in [2.45, 2.75) is 19.9 Å². The first-order valence-electron chi connectivity index (χ1n) is 7.34. The molecule has 24 heavy (non-hydrogen) atoms. The Balaban J connectivity index is 1.74. The monoisotopic (exact) mass is 330 g/mol. The molecular formula is C16H16F2N6. The van der Waals surface area contributed by atoms with Crippen molar-refractivity contribution in [2.75, 3.05) is 10.6 Å². The number of aromatic amines is 1. The molecule has 0 aliphatic rings. The molecule has 0 saturated carbocycles. The fourth-order valence-electron chi connectivity index (χ4n) is 2.27. The number of anilines is 3. The van der Waals surface area contributed by atoms with Crippen molar-refractivity contribution in [2.24, 2.45) is 0 Å². The van der Waals surface area contributed by atoms with E-state index < -0.39 is 11.6 Å². The van der Waals surface area contributed by atoms with E-state index in [0.29, 0.717) is 23.0 Å². The highest BCUT2D eigenvalue weighted by atomic mass is 19.1. The van der Waals surface area contributed by atoms with Gasteiger partial charge < -0.3 is 10.6 Å². The lowest BCUT2D eigenvalue weighted by molar-refractivity contribution is 0.566. The summed E-state index contributed by atoms with van der Waals surface area (Å²) in [4.78, 5) is 8.23. The van der Waals surface area contributed by atoms with Crippen LogP contribution in [0.5, 0.6) is 0 Å². The first-order chi connectivity index (χ1) is 11.5. The molecule has 3 rings (SSSR count). The predicted octanol–water partition coefficient (Wildman–Crippen LogP) is 3.70. The molecule has 6 nitrogen and oxygen atoms in total. The van der Waals surface area contributed by atoms with E-state index in [1.165, 1.54) is 18.5 Å². The SMILES string of the molecule is Cc1cc(Nc2cc(NC(C)c3ccc(F)cc3F)ncn2)n[nH]1. The minimum Gasteiger partial charge on any atom is -0.363 e. The van der Waals surface area contributed by atoms with Crippen molar-refractivity contribution in [1.82, 2.24) is 20.2 Å². The summed E-state index contributed by atoms with van der Waals surface area (Å²) >= 11 is 0. The minimum absolute atomic E-state index is 0.354. The number of benzene rings is 1. The van der Waals surface area contributed by atoms with Gasteiger partial charge in [-0.2, -0.15) is 5.10 Å². The lowest BCUT2D eigenvalue weighted by atomic mass is 10.1. The van der Waals surface area contributed by atoms with Crippen molar-refractivity contribution in [1.29, 1.82) is 0 Å². The molecule has 2 heterocycles. The van der Waals surface area contributed by atoms with E-state index in [2.05, 4.69) is 30.8 Å². The lowest BCUT2D eigenvalue weighted by Gasteiger charge is -2.16. The zero-order valence-corrected chi connectivity index (χ0v) is 13.1. The standard InChI is InChI=1S/C16H16F2N6/c1-9-5-16(24-23-9)22-15-7-14(19-8-20-15)21-10(2)12-4-3-11(17)6-13(12)18/h3-8,10H,1-2H3,(H3,19,20,21,22,23,24). The quantitative estimate of drug-likeness (QED) is 0.665. The third-order valence-electron chi connectivity index (χ3n) is 3.42. The maximum Gasteiger partial charge on any atom is 0.153 e. The van der Waals surface area contributed by atoms with Crippen LogP contribution in [0.15, 0.2) is 36.7 Å². The number of aromatic nitrogens is 4. The van der Waals surface area contributed by atoms with Crippen molar-refractivity contribution >= 4 is 17.5 Å². The van der Waals surface area contributed by atoms with Crippen LogP contribution in [0, 0.1) is 18.6 Å². The molecule has 0 aliphatic heterocycles. The molecule has 0 spiro atoms. The fraction of sp³-hybridized carbons (Fsp3) is 0.188. The molecule has 0 aliphatic carbocycles. The summed E-state index contributed by atoms with van der Waals surface area (Å²) in [5, 5.41) is 13.0. The van der Waals surface area contributed by atoms with Gasteiger partial charge in [0.15, 0.2) is 5.82 Å². The van der Waals surface area contributed by atoms with Crippen molar-refractivity contribution in [3.8, 4) is 0 Å². The van der Waals surface area contributed by atoms with Gasteiger partial charge in [0.2, 0.25) is 0 Å². The smallest absolute Gasteiger partial charge is 0.153 e. The highest BCUT2D eigenvalue weighted by Gasteiger charge is 2.12. The molecule has 8 heteroatoms. The Morgan fingerprint density at radius 3 is 2.54 bits per heavy atom. The number of halogens is 2. The Labute approximate surface area is 137 Å². The summed E-state index contributed by atoms with van der Waals surface area (Å²) in [6, 6.07) is 6.63. The zero-order valence-electron chi connectivity index (χ0n) is 13.1. The number of hydrogen-bond donors (Lipinski definition) is 3. The van der Waals surface area contributed by atoms with Crippen LogP contribution in [0.3, 0.4) is 0 Å². The second-order valence-corrected chi connectivity index (χ2v) is 5.38. The van der Waals surface area contributed by atoms with E-state index in [1.54, 1.807) is 13.0 Å². The third-order valence-corrected chi connectivity index (χ3v) is 3.42. The average Bonchev–Trinajstić information content (AvgIpc) is 2.92. The van der Waals surface area contributed by atoms with E-state index >= 15 is 0 Å². The van der Waals surface area contributed by atoms with Gasteiger partial charge in [0.25, 0.3) is 0 Å². The number of H-pyrrole nitrogens is 1. The van der Waals surface area contributed by atoms with E-state index in [-0.39, 0.29) is 6.04 Å². The van der Waals surface area contributed by atoms with Gasteiger partial charge in [-0.15, -0.1) is 0 Å². The number of hydrogen-bond acceptors (Lipinski definition) is 5. The Morgan fingerprint density at radius 1 is 1.04 bits per heavy atom. The van der Waals surface area contributed by atoms with Crippen LogP contribution in [-0.2, 0) is 0 Å². The van der Waals surface area contributed by atoms with Crippen LogP contribution in [0.4, 0.5) is 26.2 Å². The molecular weight excluding hydrogens is 314 g/mol. The molecule has 124 valence electrons. The van der Waals surface area contributed by atoms with Crippen molar-refractivity contribution in [3.05, 3.63) is 59.6 Å². The Hall–Kier alpha value is -3.03. The second kappa shape index (κ2) is 6.61. The maximum atomic E-state index is 13.8. The van der Waals surface area contributed by atoms with Gasteiger partial charge in [-0.3, -0.25) is 5.10 Å². The van der Waals surface area contributed by atoms with E-state index in [9.17, 15) is 8.78 Å². The van der Waals surface area contributed by atoms with E-state index in [0.717, 1.165) is 11.8 Å². The summed E-state index contributed by atoms with van der Waals surface area (Å²) in [7, 11) is 0. The topological polar surface area (TPSA) is 78.5 Å².